The first-order chi connectivity index (χ1) is 12.2. The summed E-state index contributed by atoms with van der Waals surface area (Å²) in [5.41, 5.74) is 0.664. The van der Waals surface area contributed by atoms with Crippen molar-refractivity contribution < 1.29 is 0 Å². The summed E-state index contributed by atoms with van der Waals surface area (Å²) in [6.07, 6.45) is 5.45. The molecule has 26 heavy (non-hydrogen) atoms. The predicted molar refractivity (Wildman–Crippen MR) is 112 cm³/mol. The molecule has 0 spiro atoms. The van der Waals surface area contributed by atoms with Crippen molar-refractivity contribution in [1.29, 1.82) is 0 Å². The molecule has 152 valence electrons. The molecule has 0 aromatic heterocycles. The van der Waals surface area contributed by atoms with Gasteiger partial charge in [0.1, 0.15) is 0 Å². The lowest BCUT2D eigenvalue weighted by atomic mass is 9.83. The second kappa shape index (κ2) is 7.69. The Hall–Kier alpha value is -0.160. The standard InChI is InChI=1S/C22H44N4/c1-8-24(9-2)20-16-26(17-20)22(5,6)13-12-21(3,4)25-14-19(15-25)23(7)18-10-11-18/h18-20H,8-17H2,1-7H3. The summed E-state index contributed by atoms with van der Waals surface area (Å²) in [7, 11) is 2.34. The molecule has 3 aliphatic rings. The average Bonchev–Trinajstić information content (AvgIpc) is 3.31. The summed E-state index contributed by atoms with van der Waals surface area (Å²) < 4.78 is 0. The molecule has 0 bridgehead atoms. The van der Waals surface area contributed by atoms with Gasteiger partial charge in [0.25, 0.3) is 0 Å². The molecule has 2 aliphatic heterocycles. The fourth-order valence-corrected chi connectivity index (χ4v) is 4.84. The predicted octanol–water partition coefficient (Wildman–Crippen LogP) is 3.13. The number of rotatable bonds is 10. The van der Waals surface area contributed by atoms with E-state index in [2.05, 4.69) is 68.2 Å². The van der Waals surface area contributed by atoms with Crippen LogP contribution in [0, 0.1) is 0 Å². The van der Waals surface area contributed by atoms with E-state index in [1.54, 1.807) is 0 Å². The van der Waals surface area contributed by atoms with Crippen LogP contribution in [-0.2, 0) is 0 Å². The van der Waals surface area contributed by atoms with Gasteiger partial charge in [-0.05, 0) is 73.5 Å². The van der Waals surface area contributed by atoms with Crippen LogP contribution in [0.25, 0.3) is 0 Å². The first-order valence-corrected chi connectivity index (χ1v) is 11.1. The van der Waals surface area contributed by atoms with E-state index in [1.807, 2.05) is 0 Å². The molecule has 0 unspecified atom stereocenters. The molecule has 0 amide bonds. The molecule has 3 fully saturated rings. The minimum atomic E-state index is 0.329. The molecular formula is C22H44N4. The van der Waals surface area contributed by atoms with Gasteiger partial charge in [-0.25, -0.2) is 0 Å². The second-order valence-electron chi connectivity index (χ2n) is 10.4. The third-order valence-corrected chi connectivity index (χ3v) is 7.81. The third-order valence-electron chi connectivity index (χ3n) is 7.81. The molecule has 0 N–H and O–H groups in total. The average molecular weight is 365 g/mol. The molecule has 1 saturated carbocycles. The van der Waals surface area contributed by atoms with E-state index in [0.29, 0.717) is 11.1 Å². The molecule has 2 saturated heterocycles. The highest BCUT2D eigenvalue weighted by Gasteiger charge is 2.44. The van der Waals surface area contributed by atoms with Crippen LogP contribution in [0.5, 0.6) is 0 Å². The summed E-state index contributed by atoms with van der Waals surface area (Å²) in [4.78, 5) is 10.7. The van der Waals surface area contributed by atoms with Crippen molar-refractivity contribution in [2.24, 2.45) is 0 Å². The first-order valence-electron chi connectivity index (χ1n) is 11.1. The van der Waals surface area contributed by atoms with Crippen LogP contribution >= 0.6 is 0 Å². The Labute approximate surface area is 162 Å². The van der Waals surface area contributed by atoms with E-state index in [9.17, 15) is 0 Å². The van der Waals surface area contributed by atoms with Crippen molar-refractivity contribution in [1.82, 2.24) is 19.6 Å². The van der Waals surface area contributed by atoms with Crippen molar-refractivity contribution >= 4 is 0 Å². The monoisotopic (exact) mass is 364 g/mol. The van der Waals surface area contributed by atoms with Crippen molar-refractivity contribution in [2.75, 3.05) is 46.3 Å². The lowest BCUT2D eigenvalue weighted by Gasteiger charge is -2.55. The zero-order valence-corrected chi connectivity index (χ0v) is 18.6. The van der Waals surface area contributed by atoms with Crippen LogP contribution in [0.15, 0.2) is 0 Å². The molecule has 3 rings (SSSR count). The van der Waals surface area contributed by atoms with Crippen LogP contribution in [0.1, 0.15) is 67.2 Å². The van der Waals surface area contributed by atoms with Gasteiger partial charge in [-0.3, -0.25) is 19.6 Å². The van der Waals surface area contributed by atoms with Crippen molar-refractivity contribution in [3.8, 4) is 0 Å². The Morgan fingerprint density at radius 2 is 1.15 bits per heavy atom. The maximum absolute atomic E-state index is 2.72. The Bertz CT molecular complexity index is 425. The van der Waals surface area contributed by atoms with Crippen LogP contribution in [0.3, 0.4) is 0 Å². The molecule has 0 aromatic carbocycles. The molecule has 0 atom stereocenters. The van der Waals surface area contributed by atoms with E-state index in [0.717, 1.165) is 18.1 Å². The zero-order valence-electron chi connectivity index (χ0n) is 18.6. The van der Waals surface area contributed by atoms with Crippen LogP contribution in [-0.4, -0.2) is 95.1 Å². The van der Waals surface area contributed by atoms with Gasteiger partial charge in [0.05, 0.1) is 0 Å². The van der Waals surface area contributed by atoms with Crippen molar-refractivity contribution in [3.05, 3.63) is 0 Å². The number of hydrogen-bond donors (Lipinski definition) is 0. The summed E-state index contributed by atoms with van der Waals surface area (Å²) in [6.45, 7) is 21.9. The summed E-state index contributed by atoms with van der Waals surface area (Å²) >= 11 is 0. The second-order valence-corrected chi connectivity index (χ2v) is 10.4. The fraction of sp³-hybridized carbons (Fsp3) is 1.00. The van der Waals surface area contributed by atoms with E-state index in [-0.39, 0.29) is 0 Å². The number of likely N-dealkylation sites (tertiary alicyclic amines) is 2. The van der Waals surface area contributed by atoms with Gasteiger partial charge in [-0.2, -0.15) is 0 Å². The molecule has 4 nitrogen and oxygen atoms in total. The van der Waals surface area contributed by atoms with Gasteiger partial charge in [0.15, 0.2) is 0 Å². The third kappa shape index (κ3) is 4.29. The van der Waals surface area contributed by atoms with Gasteiger partial charge in [0.2, 0.25) is 0 Å². The van der Waals surface area contributed by atoms with Crippen molar-refractivity contribution in [2.45, 2.75) is 96.4 Å². The topological polar surface area (TPSA) is 13.0 Å². The molecule has 1 aliphatic carbocycles. The van der Waals surface area contributed by atoms with E-state index >= 15 is 0 Å². The maximum atomic E-state index is 2.72. The van der Waals surface area contributed by atoms with Crippen LogP contribution < -0.4 is 0 Å². The van der Waals surface area contributed by atoms with Gasteiger partial charge < -0.3 is 0 Å². The quantitative estimate of drug-likeness (QED) is 0.590. The zero-order chi connectivity index (χ0) is 19.1. The summed E-state index contributed by atoms with van der Waals surface area (Å²) in [5.74, 6) is 0. The smallest absolute Gasteiger partial charge is 0.0350 e. The van der Waals surface area contributed by atoms with E-state index in [1.165, 1.54) is 65.0 Å². The van der Waals surface area contributed by atoms with Gasteiger partial charge in [-0.1, -0.05) is 13.8 Å². The maximum Gasteiger partial charge on any atom is 0.0350 e. The van der Waals surface area contributed by atoms with Crippen molar-refractivity contribution in [3.63, 3.8) is 0 Å². The van der Waals surface area contributed by atoms with Gasteiger partial charge in [0, 0.05) is 55.4 Å². The van der Waals surface area contributed by atoms with Gasteiger partial charge >= 0.3 is 0 Å². The summed E-state index contributed by atoms with van der Waals surface area (Å²) in [5, 5.41) is 0. The Kier molecular flexibility index (Phi) is 6.09. The largest absolute Gasteiger partial charge is 0.298 e. The van der Waals surface area contributed by atoms with E-state index < -0.39 is 0 Å². The van der Waals surface area contributed by atoms with Crippen LogP contribution in [0.2, 0.25) is 0 Å². The molecular weight excluding hydrogens is 320 g/mol. The fourth-order valence-electron chi connectivity index (χ4n) is 4.84. The number of hydrogen-bond acceptors (Lipinski definition) is 4. The molecule has 2 heterocycles. The lowest BCUT2D eigenvalue weighted by molar-refractivity contribution is -0.0522. The Balaban J connectivity index is 1.41. The highest BCUT2D eigenvalue weighted by molar-refractivity contribution is 5.01. The number of likely N-dealkylation sites (N-methyl/N-ethyl adjacent to an activating group) is 2. The molecule has 0 aromatic rings. The minimum absolute atomic E-state index is 0.329. The minimum Gasteiger partial charge on any atom is -0.298 e. The lowest BCUT2D eigenvalue weighted by Crippen LogP contribution is -2.67. The van der Waals surface area contributed by atoms with Crippen LogP contribution in [0.4, 0.5) is 0 Å². The Morgan fingerprint density at radius 3 is 1.54 bits per heavy atom. The molecule has 0 radical (unpaired) electrons. The normalized spacial score (nSPS) is 24.3. The SMILES string of the molecule is CCN(CC)C1CN(C(C)(C)CCC(C)(C)N2CC(N(C)C3CC3)C2)C1. The first kappa shape index (κ1) is 20.6. The van der Waals surface area contributed by atoms with Gasteiger partial charge in [-0.15, -0.1) is 0 Å². The Morgan fingerprint density at radius 1 is 0.731 bits per heavy atom. The van der Waals surface area contributed by atoms with E-state index in [4.69, 9.17) is 0 Å². The highest BCUT2D eigenvalue weighted by atomic mass is 15.4. The highest BCUT2D eigenvalue weighted by Crippen LogP contribution is 2.36. The number of nitrogens with zero attached hydrogens (tertiary/aromatic N) is 4. The summed E-state index contributed by atoms with van der Waals surface area (Å²) in [6, 6.07) is 2.49. The molecule has 4 heteroatoms.